The molecule has 2 atom stereocenters. The second-order valence-electron chi connectivity index (χ2n) is 5.36. The van der Waals surface area contributed by atoms with Crippen LogP contribution in [-0.4, -0.2) is 0 Å². The average molecular weight is 320 g/mol. The Balaban J connectivity index is 1.51. The summed E-state index contributed by atoms with van der Waals surface area (Å²) in [7, 11) is 0. The molecule has 1 N–H and O–H groups in total. The monoisotopic (exact) mass is 319 g/mol. The van der Waals surface area contributed by atoms with Gasteiger partial charge in [0.1, 0.15) is 11.5 Å². The van der Waals surface area contributed by atoms with Crippen LogP contribution in [0.25, 0.3) is 0 Å². The van der Waals surface area contributed by atoms with Crippen LogP contribution in [0.15, 0.2) is 45.3 Å². The molecule has 3 rings (SSSR count). The van der Waals surface area contributed by atoms with Crippen LogP contribution in [0.3, 0.4) is 0 Å². The maximum Gasteiger partial charge on any atom is 0.117 e. The second kappa shape index (κ2) is 5.51. The summed E-state index contributed by atoms with van der Waals surface area (Å²) in [5.41, 5.74) is 1.27. The van der Waals surface area contributed by atoms with Gasteiger partial charge in [-0.15, -0.1) is 0 Å². The lowest BCUT2D eigenvalue weighted by Crippen LogP contribution is -2.11. The van der Waals surface area contributed by atoms with Crippen molar-refractivity contribution in [1.82, 2.24) is 5.32 Å². The van der Waals surface area contributed by atoms with E-state index < -0.39 is 0 Å². The van der Waals surface area contributed by atoms with E-state index in [1.165, 1.54) is 12.0 Å². The van der Waals surface area contributed by atoms with E-state index in [1.807, 2.05) is 6.07 Å². The minimum atomic E-state index is 0.666. The minimum Gasteiger partial charge on any atom is -0.464 e. The number of hydrogen-bond acceptors (Lipinski definition) is 2. The van der Waals surface area contributed by atoms with E-state index in [1.54, 1.807) is 0 Å². The van der Waals surface area contributed by atoms with Crippen molar-refractivity contribution in [2.75, 3.05) is 0 Å². The summed E-state index contributed by atoms with van der Waals surface area (Å²) < 4.78 is 6.99. The summed E-state index contributed by atoms with van der Waals surface area (Å²) >= 11 is 3.48. The molecule has 1 heterocycles. The first kappa shape index (κ1) is 12.9. The van der Waals surface area contributed by atoms with E-state index in [2.05, 4.69) is 58.5 Å². The normalized spacial score (nSPS) is 21.6. The zero-order chi connectivity index (χ0) is 13.2. The third kappa shape index (κ3) is 3.28. The van der Waals surface area contributed by atoms with Crippen molar-refractivity contribution < 1.29 is 4.42 Å². The SMILES string of the molecule is CC1CC1c1ccc(CNCc2cccc(Br)c2)o1. The van der Waals surface area contributed by atoms with Gasteiger partial charge < -0.3 is 9.73 Å². The van der Waals surface area contributed by atoms with E-state index in [4.69, 9.17) is 4.42 Å². The number of benzene rings is 1. The molecule has 0 bridgehead atoms. The first-order valence-electron chi connectivity index (χ1n) is 6.76. The molecule has 2 aromatic rings. The van der Waals surface area contributed by atoms with Crippen molar-refractivity contribution in [3.8, 4) is 0 Å². The Morgan fingerprint density at radius 2 is 2.11 bits per heavy atom. The molecule has 2 nitrogen and oxygen atoms in total. The summed E-state index contributed by atoms with van der Waals surface area (Å²) in [4.78, 5) is 0. The van der Waals surface area contributed by atoms with Crippen LogP contribution in [0.2, 0.25) is 0 Å². The Hall–Kier alpha value is -1.06. The van der Waals surface area contributed by atoms with Crippen LogP contribution in [-0.2, 0) is 13.1 Å². The van der Waals surface area contributed by atoms with E-state index in [-0.39, 0.29) is 0 Å². The molecule has 0 amide bonds. The highest BCUT2D eigenvalue weighted by molar-refractivity contribution is 9.10. The largest absolute Gasteiger partial charge is 0.464 e. The molecule has 0 saturated heterocycles. The minimum absolute atomic E-state index is 0.666. The standard InChI is InChI=1S/C16H18BrNO/c1-11-7-15(11)16-6-5-14(19-16)10-18-9-12-3-2-4-13(17)8-12/h2-6,8,11,15,18H,7,9-10H2,1H3. The van der Waals surface area contributed by atoms with Crippen LogP contribution in [0.4, 0.5) is 0 Å². The highest BCUT2D eigenvalue weighted by Crippen LogP contribution is 2.47. The fourth-order valence-electron chi connectivity index (χ4n) is 2.38. The zero-order valence-electron chi connectivity index (χ0n) is 11.0. The summed E-state index contributed by atoms with van der Waals surface area (Å²) in [6.07, 6.45) is 1.28. The molecule has 1 aromatic heterocycles. The highest BCUT2D eigenvalue weighted by atomic mass is 79.9. The molecule has 1 aliphatic rings. The van der Waals surface area contributed by atoms with Crippen molar-refractivity contribution >= 4 is 15.9 Å². The molecular formula is C16H18BrNO. The van der Waals surface area contributed by atoms with Gasteiger partial charge in [0.05, 0.1) is 6.54 Å². The van der Waals surface area contributed by atoms with Crippen molar-refractivity contribution in [2.24, 2.45) is 5.92 Å². The molecule has 2 unspecified atom stereocenters. The molecule has 0 aliphatic heterocycles. The Bertz CT molecular complexity index is 563. The van der Waals surface area contributed by atoms with Gasteiger partial charge in [-0.3, -0.25) is 0 Å². The number of hydrogen-bond donors (Lipinski definition) is 1. The first-order chi connectivity index (χ1) is 9.22. The van der Waals surface area contributed by atoms with E-state index in [0.29, 0.717) is 5.92 Å². The van der Waals surface area contributed by atoms with Crippen molar-refractivity contribution in [2.45, 2.75) is 32.4 Å². The second-order valence-corrected chi connectivity index (χ2v) is 6.27. The van der Waals surface area contributed by atoms with Gasteiger partial charge in [-0.05, 0) is 42.2 Å². The Morgan fingerprint density at radius 1 is 1.26 bits per heavy atom. The van der Waals surface area contributed by atoms with Gasteiger partial charge in [0, 0.05) is 16.9 Å². The lowest BCUT2D eigenvalue weighted by molar-refractivity contribution is 0.444. The molecule has 3 heteroatoms. The summed E-state index contributed by atoms with van der Waals surface area (Å²) in [5, 5.41) is 3.41. The maximum absolute atomic E-state index is 5.87. The van der Waals surface area contributed by atoms with Crippen LogP contribution < -0.4 is 5.32 Å². The molecule has 100 valence electrons. The van der Waals surface area contributed by atoms with Gasteiger partial charge in [0.25, 0.3) is 0 Å². The predicted molar refractivity (Wildman–Crippen MR) is 79.9 cm³/mol. The van der Waals surface area contributed by atoms with E-state index >= 15 is 0 Å². The molecule has 0 spiro atoms. The Kier molecular flexibility index (Phi) is 3.76. The topological polar surface area (TPSA) is 25.2 Å². The number of nitrogens with one attached hydrogen (secondary N) is 1. The number of rotatable bonds is 5. The van der Waals surface area contributed by atoms with Crippen LogP contribution >= 0.6 is 15.9 Å². The molecule has 0 radical (unpaired) electrons. The van der Waals surface area contributed by atoms with Crippen molar-refractivity contribution in [3.05, 3.63) is 58.0 Å². The molecular weight excluding hydrogens is 302 g/mol. The number of halogens is 1. The fourth-order valence-corrected chi connectivity index (χ4v) is 2.83. The van der Waals surface area contributed by atoms with Gasteiger partial charge in [0.2, 0.25) is 0 Å². The molecule has 1 saturated carbocycles. The van der Waals surface area contributed by atoms with Gasteiger partial charge in [0.15, 0.2) is 0 Å². The van der Waals surface area contributed by atoms with Gasteiger partial charge >= 0.3 is 0 Å². The zero-order valence-corrected chi connectivity index (χ0v) is 12.6. The van der Waals surface area contributed by atoms with Gasteiger partial charge in [-0.2, -0.15) is 0 Å². The van der Waals surface area contributed by atoms with Crippen molar-refractivity contribution in [3.63, 3.8) is 0 Å². The summed E-state index contributed by atoms with van der Waals surface area (Å²) in [6, 6.07) is 12.6. The van der Waals surface area contributed by atoms with E-state index in [9.17, 15) is 0 Å². The van der Waals surface area contributed by atoms with Gasteiger partial charge in [-0.25, -0.2) is 0 Å². The van der Waals surface area contributed by atoms with Gasteiger partial charge in [-0.1, -0.05) is 35.0 Å². The highest BCUT2D eigenvalue weighted by Gasteiger charge is 2.36. The first-order valence-corrected chi connectivity index (χ1v) is 7.55. The molecule has 1 aromatic carbocycles. The lowest BCUT2D eigenvalue weighted by atomic mass is 10.2. The van der Waals surface area contributed by atoms with Crippen LogP contribution in [0, 0.1) is 5.92 Å². The number of furan rings is 1. The van der Waals surface area contributed by atoms with Crippen LogP contribution in [0.5, 0.6) is 0 Å². The Labute approximate surface area is 122 Å². The van der Waals surface area contributed by atoms with E-state index in [0.717, 1.165) is 35.0 Å². The predicted octanol–water partition coefficient (Wildman–Crippen LogP) is 4.46. The molecule has 1 aliphatic carbocycles. The van der Waals surface area contributed by atoms with Crippen molar-refractivity contribution in [1.29, 1.82) is 0 Å². The fraction of sp³-hybridized carbons (Fsp3) is 0.375. The molecule has 1 fully saturated rings. The smallest absolute Gasteiger partial charge is 0.117 e. The quantitative estimate of drug-likeness (QED) is 0.880. The summed E-state index contributed by atoms with van der Waals surface area (Å²) in [5.74, 6) is 3.66. The lowest BCUT2D eigenvalue weighted by Gasteiger charge is -2.03. The average Bonchev–Trinajstić information content (AvgIpc) is 2.93. The summed E-state index contributed by atoms with van der Waals surface area (Å²) in [6.45, 7) is 3.92. The Morgan fingerprint density at radius 3 is 2.84 bits per heavy atom. The maximum atomic E-state index is 5.87. The third-order valence-corrected chi connectivity index (χ3v) is 4.17. The third-order valence-electron chi connectivity index (χ3n) is 3.67. The molecule has 19 heavy (non-hydrogen) atoms. The van der Waals surface area contributed by atoms with Crippen LogP contribution in [0.1, 0.15) is 36.3 Å².